The van der Waals surface area contributed by atoms with Gasteiger partial charge < -0.3 is 9.84 Å². The van der Waals surface area contributed by atoms with Gasteiger partial charge in [0.2, 0.25) is 0 Å². The summed E-state index contributed by atoms with van der Waals surface area (Å²) in [5.41, 5.74) is 0. The fourth-order valence-corrected chi connectivity index (χ4v) is 2.89. The van der Waals surface area contributed by atoms with Crippen molar-refractivity contribution in [1.82, 2.24) is 0 Å². The second-order valence-corrected chi connectivity index (χ2v) is 6.74. The third kappa shape index (κ3) is 13.6. The number of hydrogen-bond acceptors (Lipinski definition) is 2. The van der Waals surface area contributed by atoms with Crippen LogP contribution in [0.25, 0.3) is 0 Å². The highest BCUT2D eigenvalue weighted by Crippen LogP contribution is 2.17. The SMILES string of the molecule is CCCCCCOC(CCCCCC)C(O)CCCCCC. The maximum atomic E-state index is 10.4. The summed E-state index contributed by atoms with van der Waals surface area (Å²) in [5, 5.41) is 10.4. The fourth-order valence-electron chi connectivity index (χ4n) is 2.89. The number of hydrogen-bond donors (Lipinski definition) is 1. The molecule has 2 atom stereocenters. The molecule has 0 aromatic heterocycles. The van der Waals surface area contributed by atoms with Gasteiger partial charge in [0.25, 0.3) is 0 Å². The molecule has 0 bridgehead atoms. The standard InChI is InChI=1S/C20H42O2/c1-4-7-10-13-16-19(21)20(17-14-11-8-5-2)22-18-15-12-9-6-3/h19-21H,4-18H2,1-3H3. The Balaban J connectivity index is 3.96. The van der Waals surface area contributed by atoms with Crippen LogP contribution in [0.4, 0.5) is 0 Å². The predicted molar refractivity (Wildman–Crippen MR) is 97.4 cm³/mol. The van der Waals surface area contributed by atoms with Gasteiger partial charge in [-0.2, -0.15) is 0 Å². The summed E-state index contributed by atoms with van der Waals surface area (Å²) in [5.74, 6) is 0. The highest BCUT2D eigenvalue weighted by Gasteiger charge is 2.19. The second kappa shape index (κ2) is 17.3. The summed E-state index contributed by atoms with van der Waals surface area (Å²) in [4.78, 5) is 0. The summed E-state index contributed by atoms with van der Waals surface area (Å²) in [6.45, 7) is 7.53. The Morgan fingerprint density at radius 1 is 0.636 bits per heavy atom. The molecule has 1 N–H and O–H groups in total. The lowest BCUT2D eigenvalue weighted by molar-refractivity contribution is -0.0473. The summed E-state index contributed by atoms with van der Waals surface area (Å²) < 4.78 is 6.04. The van der Waals surface area contributed by atoms with Crippen molar-refractivity contribution < 1.29 is 9.84 Å². The third-order valence-electron chi connectivity index (χ3n) is 4.45. The van der Waals surface area contributed by atoms with Crippen LogP contribution in [0.5, 0.6) is 0 Å². The Bertz CT molecular complexity index is 206. The summed E-state index contributed by atoms with van der Waals surface area (Å²) in [6, 6.07) is 0. The van der Waals surface area contributed by atoms with Crippen molar-refractivity contribution in [3.8, 4) is 0 Å². The van der Waals surface area contributed by atoms with Crippen LogP contribution in [-0.4, -0.2) is 23.9 Å². The van der Waals surface area contributed by atoms with Crippen molar-refractivity contribution in [3.63, 3.8) is 0 Å². The van der Waals surface area contributed by atoms with Crippen molar-refractivity contribution >= 4 is 0 Å². The summed E-state index contributed by atoms with van der Waals surface area (Å²) in [7, 11) is 0. The van der Waals surface area contributed by atoms with Crippen LogP contribution in [0.3, 0.4) is 0 Å². The highest BCUT2D eigenvalue weighted by molar-refractivity contribution is 4.70. The van der Waals surface area contributed by atoms with Gasteiger partial charge in [-0.25, -0.2) is 0 Å². The lowest BCUT2D eigenvalue weighted by Crippen LogP contribution is -2.29. The molecule has 0 saturated carbocycles. The van der Waals surface area contributed by atoms with E-state index in [1.807, 2.05) is 0 Å². The zero-order valence-electron chi connectivity index (χ0n) is 15.6. The molecule has 0 amide bonds. The number of aliphatic hydroxyl groups is 1. The summed E-state index contributed by atoms with van der Waals surface area (Å²) >= 11 is 0. The van der Waals surface area contributed by atoms with Crippen LogP contribution in [0.1, 0.15) is 111 Å². The molecule has 0 rings (SSSR count). The van der Waals surface area contributed by atoms with Gasteiger partial charge in [0, 0.05) is 6.61 Å². The normalized spacial score (nSPS) is 14.2. The zero-order chi connectivity index (χ0) is 16.5. The van der Waals surface area contributed by atoms with Crippen molar-refractivity contribution in [2.24, 2.45) is 0 Å². The molecule has 0 aromatic carbocycles. The van der Waals surface area contributed by atoms with E-state index in [-0.39, 0.29) is 12.2 Å². The van der Waals surface area contributed by atoms with Gasteiger partial charge in [-0.3, -0.25) is 0 Å². The van der Waals surface area contributed by atoms with Gasteiger partial charge in [-0.15, -0.1) is 0 Å². The average Bonchev–Trinajstić information content (AvgIpc) is 2.53. The van der Waals surface area contributed by atoms with Crippen LogP contribution in [0, 0.1) is 0 Å². The first-order valence-electron chi connectivity index (χ1n) is 10.1. The van der Waals surface area contributed by atoms with Crippen molar-refractivity contribution in [3.05, 3.63) is 0 Å². The lowest BCUT2D eigenvalue weighted by atomic mass is 10.00. The van der Waals surface area contributed by atoms with E-state index in [4.69, 9.17) is 4.74 Å². The first-order chi connectivity index (χ1) is 10.8. The smallest absolute Gasteiger partial charge is 0.0833 e. The molecule has 0 aromatic rings. The quantitative estimate of drug-likeness (QED) is 0.321. The molecule has 0 aliphatic heterocycles. The molecule has 0 fully saturated rings. The van der Waals surface area contributed by atoms with E-state index in [1.165, 1.54) is 64.2 Å². The van der Waals surface area contributed by atoms with Crippen LogP contribution in [-0.2, 0) is 4.74 Å². The molecule has 134 valence electrons. The van der Waals surface area contributed by atoms with E-state index < -0.39 is 0 Å². The topological polar surface area (TPSA) is 29.5 Å². The first kappa shape index (κ1) is 21.9. The van der Waals surface area contributed by atoms with E-state index in [0.29, 0.717) is 0 Å². The second-order valence-electron chi connectivity index (χ2n) is 6.74. The Hall–Kier alpha value is -0.0800. The highest BCUT2D eigenvalue weighted by atomic mass is 16.5. The lowest BCUT2D eigenvalue weighted by Gasteiger charge is -2.23. The number of ether oxygens (including phenoxy) is 1. The monoisotopic (exact) mass is 314 g/mol. The molecular weight excluding hydrogens is 272 g/mol. The van der Waals surface area contributed by atoms with Crippen LogP contribution in [0.15, 0.2) is 0 Å². The van der Waals surface area contributed by atoms with Crippen molar-refractivity contribution in [2.75, 3.05) is 6.61 Å². The third-order valence-corrected chi connectivity index (χ3v) is 4.45. The molecule has 2 unspecified atom stereocenters. The molecule has 0 aliphatic rings. The predicted octanol–water partition coefficient (Wildman–Crippen LogP) is 6.25. The van der Waals surface area contributed by atoms with E-state index in [1.54, 1.807) is 0 Å². The molecule has 0 spiro atoms. The first-order valence-corrected chi connectivity index (χ1v) is 10.1. The van der Waals surface area contributed by atoms with Crippen molar-refractivity contribution in [2.45, 2.75) is 123 Å². The number of rotatable bonds is 17. The Morgan fingerprint density at radius 3 is 1.68 bits per heavy atom. The van der Waals surface area contributed by atoms with E-state index in [9.17, 15) is 5.11 Å². The van der Waals surface area contributed by atoms with Gasteiger partial charge in [0.1, 0.15) is 0 Å². The molecule has 2 nitrogen and oxygen atoms in total. The van der Waals surface area contributed by atoms with Crippen LogP contribution < -0.4 is 0 Å². The molecule has 0 radical (unpaired) electrons. The average molecular weight is 315 g/mol. The molecule has 2 heteroatoms. The van der Waals surface area contributed by atoms with Gasteiger partial charge in [-0.1, -0.05) is 91.4 Å². The van der Waals surface area contributed by atoms with E-state index in [2.05, 4.69) is 20.8 Å². The Morgan fingerprint density at radius 2 is 1.14 bits per heavy atom. The van der Waals surface area contributed by atoms with E-state index in [0.717, 1.165) is 32.3 Å². The van der Waals surface area contributed by atoms with Gasteiger partial charge in [0.15, 0.2) is 0 Å². The Labute approximate surface area is 140 Å². The number of unbranched alkanes of at least 4 members (excludes halogenated alkanes) is 9. The minimum atomic E-state index is -0.260. The molecule has 0 aliphatic carbocycles. The zero-order valence-corrected chi connectivity index (χ0v) is 15.6. The molecule has 0 saturated heterocycles. The number of aliphatic hydroxyl groups excluding tert-OH is 1. The van der Waals surface area contributed by atoms with Crippen LogP contribution >= 0.6 is 0 Å². The van der Waals surface area contributed by atoms with Crippen molar-refractivity contribution in [1.29, 1.82) is 0 Å². The molecule has 22 heavy (non-hydrogen) atoms. The van der Waals surface area contributed by atoms with Gasteiger partial charge in [-0.05, 0) is 19.3 Å². The Kier molecular flexibility index (Phi) is 17.2. The minimum absolute atomic E-state index is 0.0695. The minimum Gasteiger partial charge on any atom is -0.390 e. The molecular formula is C20H42O2. The fraction of sp³-hybridized carbons (Fsp3) is 1.00. The van der Waals surface area contributed by atoms with Crippen LogP contribution in [0.2, 0.25) is 0 Å². The maximum absolute atomic E-state index is 10.4. The largest absolute Gasteiger partial charge is 0.390 e. The van der Waals surface area contributed by atoms with Gasteiger partial charge in [0.05, 0.1) is 12.2 Å². The maximum Gasteiger partial charge on any atom is 0.0833 e. The van der Waals surface area contributed by atoms with E-state index >= 15 is 0 Å². The molecule has 0 heterocycles. The van der Waals surface area contributed by atoms with Gasteiger partial charge >= 0.3 is 0 Å². The summed E-state index contributed by atoms with van der Waals surface area (Å²) in [6.07, 6.45) is 16.7.